The van der Waals surface area contributed by atoms with Crippen molar-refractivity contribution in [2.75, 3.05) is 11.5 Å². The van der Waals surface area contributed by atoms with E-state index in [1.807, 2.05) is 0 Å². The third-order valence-corrected chi connectivity index (χ3v) is 6.15. The van der Waals surface area contributed by atoms with Crippen LogP contribution < -0.4 is 0 Å². The molecule has 1 aliphatic rings. The minimum absolute atomic E-state index is 0.0220. The van der Waals surface area contributed by atoms with Crippen molar-refractivity contribution in [3.63, 3.8) is 0 Å². The first-order chi connectivity index (χ1) is 9.28. The van der Waals surface area contributed by atoms with Crippen molar-refractivity contribution in [2.24, 2.45) is 0 Å². The van der Waals surface area contributed by atoms with E-state index < -0.39 is 19.7 Å². The van der Waals surface area contributed by atoms with Gasteiger partial charge in [-0.2, -0.15) is 0 Å². The third-order valence-electron chi connectivity index (χ3n) is 2.83. The van der Waals surface area contributed by atoms with Crippen LogP contribution in [0, 0.1) is 20.2 Å². The molecule has 0 saturated carbocycles. The Morgan fingerprint density at radius 1 is 1.20 bits per heavy atom. The van der Waals surface area contributed by atoms with E-state index in [4.69, 9.17) is 0 Å². The highest BCUT2D eigenvalue weighted by molar-refractivity contribution is 8.02. The summed E-state index contributed by atoms with van der Waals surface area (Å²) in [5.74, 6) is 0.0528. The van der Waals surface area contributed by atoms with E-state index in [9.17, 15) is 28.6 Å². The molecule has 8 nitrogen and oxygen atoms in total. The Morgan fingerprint density at radius 2 is 1.90 bits per heavy atom. The highest BCUT2D eigenvalue weighted by Gasteiger charge is 2.31. The van der Waals surface area contributed by atoms with Crippen molar-refractivity contribution >= 4 is 33.0 Å². The second kappa shape index (κ2) is 5.37. The molecule has 1 aromatic carbocycles. The maximum atomic E-state index is 11.4. The van der Waals surface area contributed by atoms with Crippen LogP contribution in [0.2, 0.25) is 0 Å². The Bertz CT molecular complexity index is 672. The molecular formula is C10H10N2O6S2. The van der Waals surface area contributed by atoms with Crippen LogP contribution in [0.5, 0.6) is 0 Å². The summed E-state index contributed by atoms with van der Waals surface area (Å²) in [5.41, 5.74) is -0.728. The van der Waals surface area contributed by atoms with Crippen molar-refractivity contribution in [3.05, 3.63) is 38.4 Å². The number of rotatable bonds is 4. The SMILES string of the molecule is O=[N+]([O-])c1ccc(S[C@H]2CCS(=O)(=O)C2)c([N+](=O)[O-])c1. The first-order valence-corrected chi connectivity index (χ1v) is 8.28. The van der Waals surface area contributed by atoms with Crippen LogP contribution in [0.1, 0.15) is 6.42 Å². The number of benzene rings is 1. The summed E-state index contributed by atoms with van der Waals surface area (Å²) >= 11 is 1.09. The zero-order valence-corrected chi connectivity index (χ0v) is 11.7. The molecule has 1 aromatic rings. The standard InChI is InChI=1S/C10H10N2O6S2/c13-11(14)7-1-2-10(9(5-7)12(15)16)19-8-3-4-20(17,18)6-8/h1-2,5,8H,3-4,6H2/t8-/m0/s1. The lowest BCUT2D eigenvalue weighted by Gasteiger charge is -2.07. The molecule has 1 fully saturated rings. The van der Waals surface area contributed by atoms with E-state index in [0.29, 0.717) is 6.42 Å². The van der Waals surface area contributed by atoms with Gasteiger partial charge in [-0.15, -0.1) is 11.8 Å². The van der Waals surface area contributed by atoms with E-state index >= 15 is 0 Å². The highest BCUT2D eigenvalue weighted by atomic mass is 32.2. The topological polar surface area (TPSA) is 120 Å². The zero-order valence-electron chi connectivity index (χ0n) is 10.1. The molecular weight excluding hydrogens is 308 g/mol. The van der Waals surface area contributed by atoms with Crippen molar-refractivity contribution in [1.82, 2.24) is 0 Å². The Hall–Kier alpha value is -1.68. The van der Waals surface area contributed by atoms with Gasteiger partial charge in [0.2, 0.25) is 0 Å². The summed E-state index contributed by atoms with van der Waals surface area (Å²) in [4.78, 5) is 20.4. The summed E-state index contributed by atoms with van der Waals surface area (Å²) in [7, 11) is -3.07. The molecule has 1 aliphatic heterocycles. The van der Waals surface area contributed by atoms with Crippen molar-refractivity contribution in [2.45, 2.75) is 16.6 Å². The Balaban J connectivity index is 2.28. The lowest BCUT2D eigenvalue weighted by Crippen LogP contribution is -2.06. The molecule has 0 spiro atoms. The monoisotopic (exact) mass is 318 g/mol. The van der Waals surface area contributed by atoms with E-state index in [1.54, 1.807) is 0 Å². The second-order valence-corrected chi connectivity index (χ2v) is 7.88. The average Bonchev–Trinajstić information content (AvgIpc) is 2.68. The highest BCUT2D eigenvalue weighted by Crippen LogP contribution is 2.38. The van der Waals surface area contributed by atoms with Gasteiger partial charge in [0, 0.05) is 11.3 Å². The number of hydrogen-bond acceptors (Lipinski definition) is 7. The molecule has 0 radical (unpaired) electrons. The molecule has 20 heavy (non-hydrogen) atoms. The molecule has 1 heterocycles. The number of thioether (sulfide) groups is 1. The Morgan fingerprint density at radius 3 is 2.40 bits per heavy atom. The van der Waals surface area contributed by atoms with Crippen LogP contribution in [-0.4, -0.2) is 35.0 Å². The molecule has 0 aromatic heterocycles. The Kier molecular flexibility index (Phi) is 3.95. The summed E-state index contributed by atoms with van der Waals surface area (Å²) < 4.78 is 22.7. The maximum absolute atomic E-state index is 11.4. The fourth-order valence-electron chi connectivity index (χ4n) is 1.90. The van der Waals surface area contributed by atoms with Gasteiger partial charge >= 0.3 is 0 Å². The molecule has 0 bridgehead atoms. The summed E-state index contributed by atoms with van der Waals surface area (Å²) in [6, 6.07) is 3.37. The second-order valence-electron chi connectivity index (χ2n) is 4.31. The van der Waals surface area contributed by atoms with Gasteiger partial charge in [-0.3, -0.25) is 20.2 Å². The number of nitro benzene ring substituents is 2. The first-order valence-electron chi connectivity index (χ1n) is 5.58. The minimum Gasteiger partial charge on any atom is -0.258 e. The third kappa shape index (κ3) is 3.25. The molecule has 10 heteroatoms. The zero-order chi connectivity index (χ0) is 14.9. The lowest BCUT2D eigenvalue weighted by atomic mass is 10.3. The largest absolute Gasteiger partial charge is 0.289 e. The predicted molar refractivity (Wildman–Crippen MR) is 72.7 cm³/mol. The van der Waals surface area contributed by atoms with Gasteiger partial charge in [-0.25, -0.2) is 8.42 Å². The molecule has 1 saturated heterocycles. The van der Waals surface area contributed by atoms with Gasteiger partial charge in [0.25, 0.3) is 11.4 Å². The fourth-order valence-corrected chi connectivity index (χ4v) is 5.48. The number of nitro groups is 2. The smallest absolute Gasteiger partial charge is 0.258 e. The minimum atomic E-state index is -3.07. The number of hydrogen-bond donors (Lipinski definition) is 0. The van der Waals surface area contributed by atoms with Gasteiger partial charge in [-0.1, -0.05) is 0 Å². The van der Waals surface area contributed by atoms with E-state index in [-0.39, 0.29) is 33.0 Å². The van der Waals surface area contributed by atoms with Crippen molar-refractivity contribution in [1.29, 1.82) is 0 Å². The van der Waals surface area contributed by atoms with Crippen LogP contribution in [0.4, 0.5) is 11.4 Å². The van der Waals surface area contributed by atoms with Gasteiger partial charge in [0.1, 0.15) is 0 Å². The van der Waals surface area contributed by atoms with Crippen LogP contribution in [0.25, 0.3) is 0 Å². The van der Waals surface area contributed by atoms with Gasteiger partial charge < -0.3 is 0 Å². The van der Waals surface area contributed by atoms with Gasteiger partial charge in [0.05, 0.1) is 32.3 Å². The van der Waals surface area contributed by atoms with Crippen LogP contribution in [-0.2, 0) is 9.84 Å². The molecule has 0 unspecified atom stereocenters. The molecule has 0 N–H and O–H groups in total. The van der Waals surface area contributed by atoms with Crippen LogP contribution in [0.3, 0.4) is 0 Å². The molecule has 1 atom stereocenters. The Labute approximate surface area is 118 Å². The number of sulfone groups is 1. The van der Waals surface area contributed by atoms with Crippen molar-refractivity contribution < 1.29 is 18.3 Å². The van der Waals surface area contributed by atoms with E-state index in [0.717, 1.165) is 17.8 Å². The maximum Gasteiger partial charge on any atom is 0.289 e. The normalized spacial score (nSPS) is 20.7. The van der Waals surface area contributed by atoms with E-state index in [2.05, 4.69) is 0 Å². The van der Waals surface area contributed by atoms with E-state index in [1.165, 1.54) is 12.1 Å². The number of nitrogens with zero attached hydrogens (tertiary/aromatic N) is 2. The summed E-state index contributed by atoms with van der Waals surface area (Å²) in [6.07, 6.45) is 0.432. The number of non-ortho nitro benzene ring substituents is 1. The molecule has 0 amide bonds. The molecule has 0 aliphatic carbocycles. The average molecular weight is 318 g/mol. The van der Waals surface area contributed by atoms with Crippen molar-refractivity contribution in [3.8, 4) is 0 Å². The first kappa shape index (κ1) is 14.7. The predicted octanol–water partition coefficient (Wildman–Crippen LogP) is 1.78. The quantitative estimate of drug-likeness (QED) is 0.612. The van der Waals surface area contributed by atoms with Gasteiger partial charge in [0.15, 0.2) is 9.84 Å². The van der Waals surface area contributed by atoms with Crippen LogP contribution in [0.15, 0.2) is 23.1 Å². The summed E-state index contributed by atoms with van der Waals surface area (Å²) in [6.45, 7) is 0. The lowest BCUT2D eigenvalue weighted by molar-refractivity contribution is -0.396. The fraction of sp³-hybridized carbons (Fsp3) is 0.400. The van der Waals surface area contributed by atoms with Crippen LogP contribution >= 0.6 is 11.8 Å². The molecule has 2 rings (SSSR count). The summed E-state index contributed by atoms with van der Waals surface area (Å²) in [5, 5.41) is 21.3. The van der Waals surface area contributed by atoms with Gasteiger partial charge in [-0.05, 0) is 12.5 Å². The molecule has 108 valence electrons.